The van der Waals surface area contributed by atoms with Gasteiger partial charge in [0.15, 0.2) is 0 Å². The van der Waals surface area contributed by atoms with E-state index in [2.05, 4.69) is 0 Å². The van der Waals surface area contributed by atoms with E-state index >= 15 is 0 Å². The molecule has 25 heavy (non-hydrogen) atoms. The second-order valence-electron chi connectivity index (χ2n) is 5.73. The maximum absolute atomic E-state index is 12.5. The van der Waals surface area contributed by atoms with Crippen LogP contribution in [-0.4, -0.2) is 41.8 Å². The molecule has 0 aromatic heterocycles. The topological polar surface area (TPSA) is 66.9 Å². The first-order valence-corrected chi connectivity index (χ1v) is 9.50. The molecule has 0 aliphatic rings. The Morgan fingerprint density at radius 1 is 1.04 bits per heavy atom. The normalized spacial score (nSPS) is 11.0. The molecule has 0 saturated heterocycles. The molecular weight excluding hydrogens is 340 g/mol. The summed E-state index contributed by atoms with van der Waals surface area (Å²) < 4.78 is 29.5. The predicted octanol–water partition coefficient (Wildman–Crippen LogP) is 2.30. The first kappa shape index (κ1) is 18.8. The van der Waals surface area contributed by atoms with Crippen LogP contribution in [0.15, 0.2) is 48.5 Å². The Hall–Kier alpha value is -2.54. The van der Waals surface area contributed by atoms with E-state index in [0.29, 0.717) is 11.4 Å². The van der Waals surface area contributed by atoms with Crippen LogP contribution in [0.2, 0.25) is 0 Å². The number of nitrogens with zero attached hydrogens (tertiary/aromatic N) is 2. The van der Waals surface area contributed by atoms with Crippen molar-refractivity contribution in [2.45, 2.75) is 6.42 Å². The van der Waals surface area contributed by atoms with Gasteiger partial charge in [-0.25, -0.2) is 8.42 Å². The first-order chi connectivity index (χ1) is 11.7. The van der Waals surface area contributed by atoms with Gasteiger partial charge in [0.05, 0.1) is 25.5 Å². The zero-order valence-electron chi connectivity index (χ0n) is 14.8. The van der Waals surface area contributed by atoms with Crippen LogP contribution in [0, 0.1) is 0 Å². The number of methoxy groups -OCH3 is 1. The van der Waals surface area contributed by atoms with E-state index in [9.17, 15) is 13.2 Å². The van der Waals surface area contributed by atoms with Crippen molar-refractivity contribution in [1.82, 2.24) is 0 Å². The van der Waals surface area contributed by atoms with Crippen molar-refractivity contribution >= 4 is 27.3 Å². The molecule has 0 spiro atoms. The number of sulfonamides is 1. The monoisotopic (exact) mass is 362 g/mol. The zero-order chi connectivity index (χ0) is 18.6. The molecule has 7 heteroatoms. The number of benzene rings is 2. The molecule has 2 aromatic rings. The number of rotatable bonds is 6. The molecule has 0 atom stereocenters. The smallest absolute Gasteiger partial charge is 0.231 e. The molecule has 6 nitrogen and oxygen atoms in total. The Balaban J connectivity index is 2.09. The van der Waals surface area contributed by atoms with Gasteiger partial charge in [-0.15, -0.1) is 0 Å². The lowest BCUT2D eigenvalue weighted by Crippen LogP contribution is -2.28. The molecule has 1 amide bonds. The summed E-state index contributed by atoms with van der Waals surface area (Å²) in [7, 11) is 1.48. The largest absolute Gasteiger partial charge is 0.497 e. The lowest BCUT2D eigenvalue weighted by atomic mass is 10.1. The molecular formula is C18H22N2O4S. The van der Waals surface area contributed by atoms with Crippen LogP contribution < -0.4 is 13.9 Å². The highest BCUT2D eigenvalue weighted by molar-refractivity contribution is 7.92. The summed E-state index contributed by atoms with van der Waals surface area (Å²) in [5.41, 5.74) is 2.11. The van der Waals surface area contributed by atoms with Crippen LogP contribution in [0.3, 0.4) is 0 Å². The van der Waals surface area contributed by atoms with Crippen LogP contribution in [0.5, 0.6) is 5.75 Å². The lowest BCUT2D eigenvalue weighted by Gasteiger charge is -2.19. The number of amides is 1. The average Bonchev–Trinajstić information content (AvgIpc) is 2.60. The molecule has 0 heterocycles. The van der Waals surface area contributed by atoms with Crippen molar-refractivity contribution < 1.29 is 17.9 Å². The number of ether oxygens (including phenoxy) is 1. The van der Waals surface area contributed by atoms with Crippen molar-refractivity contribution in [2.24, 2.45) is 0 Å². The van der Waals surface area contributed by atoms with Gasteiger partial charge in [-0.05, 0) is 29.8 Å². The molecule has 0 fully saturated rings. The van der Waals surface area contributed by atoms with Gasteiger partial charge in [0, 0.05) is 25.8 Å². The van der Waals surface area contributed by atoms with Gasteiger partial charge in [-0.3, -0.25) is 9.10 Å². The number of hydrogen-bond donors (Lipinski definition) is 0. The lowest BCUT2D eigenvalue weighted by molar-refractivity contribution is -0.117. The highest BCUT2D eigenvalue weighted by Crippen LogP contribution is 2.21. The van der Waals surface area contributed by atoms with Crippen LogP contribution in [0.4, 0.5) is 11.4 Å². The molecule has 0 unspecified atom stereocenters. The molecule has 2 aromatic carbocycles. The third-order valence-corrected chi connectivity index (χ3v) is 5.17. The van der Waals surface area contributed by atoms with Gasteiger partial charge < -0.3 is 9.64 Å². The Morgan fingerprint density at radius 3 is 2.24 bits per heavy atom. The van der Waals surface area contributed by atoms with E-state index in [-0.39, 0.29) is 12.3 Å². The Labute approximate surface area is 148 Å². The number of likely N-dealkylation sites (N-methyl/N-ethyl adjacent to an activating group) is 1. The SMILES string of the molecule is COc1cccc(N(C)C(=O)Cc2ccc(N(C)S(C)(=O)=O)cc2)c1. The van der Waals surface area contributed by atoms with Gasteiger partial charge >= 0.3 is 0 Å². The van der Waals surface area contributed by atoms with Crippen molar-refractivity contribution in [3.63, 3.8) is 0 Å². The van der Waals surface area contributed by atoms with Crippen LogP contribution in [0.1, 0.15) is 5.56 Å². The summed E-state index contributed by atoms with van der Waals surface area (Å²) in [5, 5.41) is 0. The van der Waals surface area contributed by atoms with E-state index < -0.39 is 10.0 Å². The second kappa shape index (κ2) is 7.57. The third-order valence-electron chi connectivity index (χ3n) is 3.97. The van der Waals surface area contributed by atoms with Gasteiger partial charge in [0.1, 0.15) is 5.75 Å². The second-order valence-corrected chi connectivity index (χ2v) is 7.74. The molecule has 0 aliphatic heterocycles. The number of hydrogen-bond acceptors (Lipinski definition) is 4. The van der Waals surface area contributed by atoms with Crippen molar-refractivity contribution in [3.8, 4) is 5.75 Å². The summed E-state index contributed by atoms with van der Waals surface area (Å²) >= 11 is 0. The fourth-order valence-corrected chi connectivity index (χ4v) is 2.78. The zero-order valence-corrected chi connectivity index (χ0v) is 15.6. The fraction of sp³-hybridized carbons (Fsp3) is 0.278. The third kappa shape index (κ3) is 4.73. The van der Waals surface area contributed by atoms with Crippen LogP contribution in [-0.2, 0) is 21.2 Å². The number of carbonyl (C=O) groups is 1. The summed E-state index contributed by atoms with van der Waals surface area (Å²) in [6.07, 6.45) is 1.37. The molecule has 0 N–H and O–H groups in total. The standard InChI is InChI=1S/C18H22N2O4S/c1-19(16-6-5-7-17(13-16)24-3)18(21)12-14-8-10-15(11-9-14)20(2)25(4,22)23/h5-11,13H,12H2,1-4H3. The Bertz CT molecular complexity index is 848. The Kier molecular flexibility index (Phi) is 5.69. The van der Waals surface area contributed by atoms with Crippen molar-refractivity contribution in [3.05, 3.63) is 54.1 Å². The van der Waals surface area contributed by atoms with E-state index in [0.717, 1.165) is 17.5 Å². The minimum atomic E-state index is -3.30. The van der Waals surface area contributed by atoms with Crippen molar-refractivity contribution in [2.75, 3.05) is 36.7 Å². The van der Waals surface area contributed by atoms with Gasteiger partial charge in [0.25, 0.3) is 0 Å². The van der Waals surface area contributed by atoms with Crippen LogP contribution in [0.25, 0.3) is 0 Å². The summed E-state index contributed by atoms with van der Waals surface area (Å²) in [6, 6.07) is 14.2. The maximum atomic E-state index is 12.5. The van der Waals surface area contributed by atoms with Gasteiger partial charge in [0.2, 0.25) is 15.9 Å². The predicted molar refractivity (Wildman–Crippen MR) is 99.8 cm³/mol. The molecule has 0 radical (unpaired) electrons. The first-order valence-electron chi connectivity index (χ1n) is 7.66. The van der Waals surface area contributed by atoms with Crippen LogP contribution >= 0.6 is 0 Å². The summed E-state index contributed by atoms with van der Waals surface area (Å²) in [6.45, 7) is 0. The molecule has 0 bridgehead atoms. The van der Waals surface area contributed by atoms with E-state index in [4.69, 9.17) is 4.74 Å². The molecule has 134 valence electrons. The maximum Gasteiger partial charge on any atom is 0.231 e. The average molecular weight is 362 g/mol. The number of carbonyl (C=O) groups excluding carboxylic acids is 1. The number of anilines is 2. The highest BCUT2D eigenvalue weighted by atomic mass is 32.2. The van der Waals surface area contributed by atoms with E-state index in [1.807, 2.05) is 18.2 Å². The highest BCUT2D eigenvalue weighted by Gasteiger charge is 2.14. The molecule has 0 saturated carbocycles. The minimum Gasteiger partial charge on any atom is -0.497 e. The van der Waals surface area contributed by atoms with E-state index in [1.165, 1.54) is 11.4 Å². The molecule has 2 rings (SSSR count). The fourth-order valence-electron chi connectivity index (χ4n) is 2.27. The van der Waals surface area contributed by atoms with Crippen molar-refractivity contribution in [1.29, 1.82) is 0 Å². The molecule has 0 aliphatic carbocycles. The van der Waals surface area contributed by atoms with Gasteiger partial charge in [-0.2, -0.15) is 0 Å². The quantitative estimate of drug-likeness (QED) is 0.791. The Morgan fingerprint density at radius 2 is 1.68 bits per heavy atom. The van der Waals surface area contributed by atoms with Gasteiger partial charge in [-0.1, -0.05) is 18.2 Å². The minimum absolute atomic E-state index is 0.0718. The van der Waals surface area contributed by atoms with E-state index in [1.54, 1.807) is 49.4 Å². The summed E-state index contributed by atoms with van der Waals surface area (Å²) in [4.78, 5) is 14.0. The summed E-state index contributed by atoms with van der Waals surface area (Å²) in [5.74, 6) is 0.614.